The van der Waals surface area contributed by atoms with Gasteiger partial charge < -0.3 is 10.4 Å². The van der Waals surface area contributed by atoms with E-state index >= 15 is 0 Å². The molecule has 2 N–H and O–H groups in total. The molecule has 0 spiro atoms. The highest BCUT2D eigenvalue weighted by atomic mass is 35.5. The second-order valence-corrected chi connectivity index (χ2v) is 6.53. The molecule has 5 nitrogen and oxygen atoms in total. The van der Waals surface area contributed by atoms with Gasteiger partial charge in [-0.15, -0.1) is 0 Å². The Morgan fingerprint density at radius 1 is 1.17 bits per heavy atom. The number of hydrogen-bond acceptors (Lipinski definition) is 3. The SMILES string of the molecule is CC(C)(C)c1ccc(C(=O)Nc2cc(Cl)ncc2C(=O)O)cc1. The minimum Gasteiger partial charge on any atom is -0.478 e. The van der Waals surface area contributed by atoms with E-state index in [0.717, 1.165) is 11.8 Å². The Balaban J connectivity index is 2.26. The molecule has 23 heavy (non-hydrogen) atoms. The van der Waals surface area contributed by atoms with E-state index in [-0.39, 0.29) is 21.8 Å². The number of hydrogen-bond donors (Lipinski definition) is 2. The molecule has 2 rings (SSSR count). The molecular weight excluding hydrogens is 316 g/mol. The van der Waals surface area contributed by atoms with Crippen molar-refractivity contribution in [3.8, 4) is 0 Å². The van der Waals surface area contributed by atoms with E-state index in [1.54, 1.807) is 12.1 Å². The number of halogens is 1. The summed E-state index contributed by atoms with van der Waals surface area (Å²) in [7, 11) is 0. The quantitative estimate of drug-likeness (QED) is 0.833. The summed E-state index contributed by atoms with van der Waals surface area (Å²) in [6, 6.07) is 8.49. The molecule has 0 unspecified atom stereocenters. The van der Waals surface area contributed by atoms with Crippen LogP contribution >= 0.6 is 11.6 Å². The lowest BCUT2D eigenvalue weighted by atomic mass is 9.87. The molecule has 0 saturated carbocycles. The maximum absolute atomic E-state index is 12.3. The highest BCUT2D eigenvalue weighted by Gasteiger charge is 2.17. The Morgan fingerprint density at radius 2 is 1.78 bits per heavy atom. The van der Waals surface area contributed by atoms with Gasteiger partial charge in [-0.2, -0.15) is 0 Å². The van der Waals surface area contributed by atoms with Crippen LogP contribution in [0.4, 0.5) is 5.69 Å². The molecule has 1 heterocycles. The van der Waals surface area contributed by atoms with Gasteiger partial charge >= 0.3 is 5.97 Å². The third kappa shape index (κ3) is 4.07. The maximum atomic E-state index is 12.3. The van der Waals surface area contributed by atoms with E-state index in [1.807, 2.05) is 12.1 Å². The summed E-state index contributed by atoms with van der Waals surface area (Å²) >= 11 is 5.77. The molecule has 0 aliphatic heterocycles. The van der Waals surface area contributed by atoms with Crippen LogP contribution in [0, 0.1) is 0 Å². The van der Waals surface area contributed by atoms with Crippen LogP contribution in [0.25, 0.3) is 0 Å². The number of aromatic carboxylic acids is 1. The van der Waals surface area contributed by atoms with Gasteiger partial charge in [0.15, 0.2) is 0 Å². The highest BCUT2D eigenvalue weighted by Crippen LogP contribution is 2.23. The van der Waals surface area contributed by atoms with Crippen LogP contribution in [0.1, 0.15) is 47.1 Å². The summed E-state index contributed by atoms with van der Waals surface area (Å²) in [5.74, 6) is -1.59. The van der Waals surface area contributed by atoms with Crippen molar-refractivity contribution in [3.63, 3.8) is 0 Å². The number of anilines is 1. The number of carboxylic acids is 1. The van der Waals surface area contributed by atoms with Crippen LogP contribution in [0.3, 0.4) is 0 Å². The summed E-state index contributed by atoms with van der Waals surface area (Å²) < 4.78 is 0. The van der Waals surface area contributed by atoms with Crippen molar-refractivity contribution in [2.24, 2.45) is 0 Å². The van der Waals surface area contributed by atoms with Crippen molar-refractivity contribution in [3.05, 3.63) is 58.4 Å². The molecule has 6 heteroatoms. The van der Waals surface area contributed by atoms with E-state index in [2.05, 4.69) is 31.1 Å². The van der Waals surface area contributed by atoms with E-state index in [1.165, 1.54) is 6.07 Å². The van der Waals surface area contributed by atoms with Crippen LogP contribution in [0.5, 0.6) is 0 Å². The lowest BCUT2D eigenvalue weighted by Crippen LogP contribution is -2.16. The molecule has 0 fully saturated rings. The van der Waals surface area contributed by atoms with Crippen molar-refractivity contribution >= 4 is 29.2 Å². The fraction of sp³-hybridized carbons (Fsp3) is 0.235. The monoisotopic (exact) mass is 332 g/mol. The summed E-state index contributed by atoms with van der Waals surface area (Å²) in [6.07, 6.45) is 1.11. The van der Waals surface area contributed by atoms with Gasteiger partial charge in [-0.3, -0.25) is 4.79 Å². The first-order valence-electron chi connectivity index (χ1n) is 6.99. The van der Waals surface area contributed by atoms with Crippen molar-refractivity contribution in [2.45, 2.75) is 26.2 Å². The second-order valence-electron chi connectivity index (χ2n) is 6.14. The molecule has 0 aliphatic rings. The van der Waals surface area contributed by atoms with Crippen LogP contribution in [-0.4, -0.2) is 22.0 Å². The number of nitrogens with zero attached hydrogens (tertiary/aromatic N) is 1. The summed E-state index contributed by atoms with van der Waals surface area (Å²) in [6.45, 7) is 6.25. The smallest absolute Gasteiger partial charge is 0.339 e. The number of carbonyl (C=O) groups excluding carboxylic acids is 1. The summed E-state index contributed by atoms with van der Waals surface area (Å²) in [4.78, 5) is 27.2. The van der Waals surface area contributed by atoms with Crippen molar-refractivity contribution in [1.82, 2.24) is 4.98 Å². The zero-order valence-electron chi connectivity index (χ0n) is 13.1. The standard InChI is InChI=1S/C17H17ClN2O3/c1-17(2,3)11-6-4-10(5-7-11)15(21)20-13-8-14(18)19-9-12(13)16(22)23/h4-9H,1-3H3,(H,22,23)(H,19,20,21). The minimum atomic E-state index is -1.19. The summed E-state index contributed by atoms with van der Waals surface area (Å²) in [5, 5.41) is 11.8. The van der Waals surface area contributed by atoms with Gasteiger partial charge in [0.2, 0.25) is 0 Å². The zero-order valence-corrected chi connectivity index (χ0v) is 13.8. The van der Waals surface area contributed by atoms with Gasteiger partial charge in [0.25, 0.3) is 5.91 Å². The van der Waals surface area contributed by atoms with Gasteiger partial charge in [-0.25, -0.2) is 9.78 Å². The largest absolute Gasteiger partial charge is 0.478 e. The van der Waals surface area contributed by atoms with Crippen molar-refractivity contribution < 1.29 is 14.7 Å². The zero-order chi connectivity index (χ0) is 17.2. The number of aromatic nitrogens is 1. The average molecular weight is 333 g/mol. The Bertz CT molecular complexity index is 749. The molecule has 1 amide bonds. The lowest BCUT2D eigenvalue weighted by Gasteiger charge is -2.19. The minimum absolute atomic E-state index is 0.00981. The molecule has 0 bridgehead atoms. The van der Waals surface area contributed by atoms with Crippen LogP contribution in [-0.2, 0) is 5.41 Å². The van der Waals surface area contributed by atoms with E-state index < -0.39 is 11.9 Å². The molecule has 0 radical (unpaired) electrons. The fourth-order valence-electron chi connectivity index (χ4n) is 2.02. The number of benzene rings is 1. The molecule has 1 aromatic carbocycles. The molecular formula is C17H17ClN2O3. The first-order chi connectivity index (χ1) is 10.7. The van der Waals surface area contributed by atoms with Crippen LogP contribution in [0.2, 0.25) is 5.15 Å². The molecule has 0 aliphatic carbocycles. The van der Waals surface area contributed by atoms with Gasteiger partial charge in [0, 0.05) is 11.8 Å². The molecule has 0 saturated heterocycles. The lowest BCUT2D eigenvalue weighted by molar-refractivity contribution is 0.0697. The number of amides is 1. The molecule has 1 aromatic heterocycles. The predicted octanol–water partition coefficient (Wildman–Crippen LogP) is 3.98. The number of nitrogens with one attached hydrogen (secondary N) is 1. The normalized spacial score (nSPS) is 11.1. The Kier molecular flexibility index (Phi) is 4.71. The Hall–Kier alpha value is -2.40. The first-order valence-corrected chi connectivity index (χ1v) is 7.37. The average Bonchev–Trinajstić information content (AvgIpc) is 2.46. The first kappa shape index (κ1) is 17.0. The number of rotatable bonds is 3. The highest BCUT2D eigenvalue weighted by molar-refractivity contribution is 6.30. The second kappa shape index (κ2) is 6.38. The van der Waals surface area contributed by atoms with E-state index in [9.17, 15) is 9.59 Å². The molecule has 0 atom stereocenters. The Morgan fingerprint density at radius 3 is 2.30 bits per heavy atom. The predicted molar refractivity (Wildman–Crippen MR) is 89.3 cm³/mol. The maximum Gasteiger partial charge on any atom is 0.339 e. The van der Waals surface area contributed by atoms with Gasteiger partial charge in [0.1, 0.15) is 10.7 Å². The van der Waals surface area contributed by atoms with Crippen LogP contribution < -0.4 is 5.32 Å². The number of carboxylic acid groups (broad SMARTS) is 1. The Labute approximate surface area is 139 Å². The summed E-state index contributed by atoms with van der Waals surface area (Å²) in [5.41, 5.74) is 1.52. The molecule has 2 aromatic rings. The fourth-order valence-corrected chi connectivity index (χ4v) is 2.18. The van der Waals surface area contributed by atoms with Gasteiger partial charge in [-0.05, 0) is 29.2 Å². The number of pyridine rings is 1. The van der Waals surface area contributed by atoms with Crippen molar-refractivity contribution in [1.29, 1.82) is 0 Å². The third-order valence-electron chi connectivity index (χ3n) is 3.36. The molecule has 120 valence electrons. The van der Waals surface area contributed by atoms with Crippen molar-refractivity contribution in [2.75, 3.05) is 5.32 Å². The topological polar surface area (TPSA) is 79.3 Å². The van der Waals surface area contributed by atoms with Gasteiger partial charge in [-0.1, -0.05) is 44.5 Å². The number of carbonyl (C=O) groups is 2. The van der Waals surface area contributed by atoms with E-state index in [4.69, 9.17) is 16.7 Å². The van der Waals surface area contributed by atoms with Gasteiger partial charge in [0.05, 0.1) is 5.69 Å². The van der Waals surface area contributed by atoms with Crippen LogP contribution in [0.15, 0.2) is 36.5 Å². The van der Waals surface area contributed by atoms with E-state index in [0.29, 0.717) is 5.56 Å². The third-order valence-corrected chi connectivity index (χ3v) is 3.57.